The molecule has 0 atom stereocenters. The molecule has 3 aliphatic carbocycles. The number of hydrogen-bond donors (Lipinski definition) is 0. The molecule has 5 rings (SSSR count). The quantitative estimate of drug-likeness (QED) is 0.169. The first-order valence-corrected chi connectivity index (χ1v) is 14.6. The summed E-state index contributed by atoms with van der Waals surface area (Å²) in [5.74, 6) is -0.313. The molecule has 36 heavy (non-hydrogen) atoms. The van der Waals surface area contributed by atoms with E-state index in [1.807, 2.05) is 0 Å². The number of fused-ring (bicyclic) bond motifs is 3. The van der Waals surface area contributed by atoms with Crippen molar-refractivity contribution >= 4 is 37.8 Å². The van der Waals surface area contributed by atoms with Crippen molar-refractivity contribution in [3.05, 3.63) is 49.9 Å². The Hall–Kier alpha value is -2.15. The number of carbonyl (C=O) groups is 1. The molecule has 4 nitrogen and oxygen atoms in total. The van der Waals surface area contributed by atoms with Crippen molar-refractivity contribution in [2.45, 2.75) is 89.9 Å². The minimum atomic E-state index is -0.440. The SMILES string of the molecule is CCCCCC12CCC(c3ccc(-c4ccc(OC(=O)CC)c(C#N)c4C#N)c(Br)c3Br)(CC1)CC2. The van der Waals surface area contributed by atoms with E-state index >= 15 is 0 Å². The van der Waals surface area contributed by atoms with E-state index < -0.39 is 5.97 Å². The van der Waals surface area contributed by atoms with Gasteiger partial charge in [0, 0.05) is 20.9 Å². The maximum absolute atomic E-state index is 11.8. The molecule has 2 aromatic rings. The molecule has 0 aromatic heterocycles. The van der Waals surface area contributed by atoms with Crippen molar-refractivity contribution in [3.8, 4) is 29.0 Å². The second-order valence-corrected chi connectivity index (χ2v) is 12.0. The van der Waals surface area contributed by atoms with Crippen LogP contribution >= 0.6 is 31.9 Å². The van der Waals surface area contributed by atoms with Gasteiger partial charge in [0.2, 0.25) is 0 Å². The highest BCUT2D eigenvalue weighted by molar-refractivity contribution is 9.13. The lowest BCUT2D eigenvalue weighted by Gasteiger charge is -2.54. The summed E-state index contributed by atoms with van der Waals surface area (Å²) in [6.45, 7) is 3.97. The topological polar surface area (TPSA) is 73.9 Å². The molecule has 3 aliphatic rings. The summed E-state index contributed by atoms with van der Waals surface area (Å²) in [6, 6.07) is 11.9. The van der Waals surface area contributed by atoms with Crippen LogP contribution < -0.4 is 4.74 Å². The minimum Gasteiger partial charge on any atom is -0.425 e. The van der Waals surface area contributed by atoms with Gasteiger partial charge in [-0.05, 0) is 111 Å². The molecule has 188 valence electrons. The Bertz CT molecular complexity index is 1230. The van der Waals surface area contributed by atoms with Crippen LogP contribution in [0, 0.1) is 28.1 Å². The van der Waals surface area contributed by atoms with Gasteiger partial charge in [0.05, 0.1) is 5.56 Å². The molecule has 0 saturated heterocycles. The van der Waals surface area contributed by atoms with Gasteiger partial charge in [-0.15, -0.1) is 0 Å². The Morgan fingerprint density at radius 3 is 2.11 bits per heavy atom. The van der Waals surface area contributed by atoms with Crippen LogP contribution in [0.5, 0.6) is 5.75 Å². The summed E-state index contributed by atoms with van der Waals surface area (Å²) in [4.78, 5) is 11.8. The van der Waals surface area contributed by atoms with Crippen LogP contribution in [0.4, 0.5) is 0 Å². The minimum absolute atomic E-state index is 0.0847. The van der Waals surface area contributed by atoms with Crippen molar-refractivity contribution in [2.75, 3.05) is 0 Å². The Morgan fingerprint density at radius 2 is 1.53 bits per heavy atom. The maximum atomic E-state index is 11.8. The third-order valence-corrected chi connectivity index (χ3v) is 10.7. The van der Waals surface area contributed by atoms with Crippen molar-refractivity contribution in [2.24, 2.45) is 5.41 Å². The van der Waals surface area contributed by atoms with Crippen LogP contribution in [-0.2, 0) is 10.2 Å². The zero-order valence-electron chi connectivity index (χ0n) is 21.1. The van der Waals surface area contributed by atoms with Gasteiger partial charge in [-0.3, -0.25) is 4.79 Å². The molecular formula is C30H32Br2N2O2. The zero-order chi connectivity index (χ0) is 25.9. The number of benzene rings is 2. The predicted octanol–water partition coefficient (Wildman–Crippen LogP) is 9.11. The van der Waals surface area contributed by atoms with Crippen LogP contribution in [0.3, 0.4) is 0 Å². The number of nitrogens with zero attached hydrogens (tertiary/aromatic N) is 2. The van der Waals surface area contributed by atoms with E-state index in [1.165, 1.54) is 69.8 Å². The van der Waals surface area contributed by atoms with Crippen LogP contribution in [0.1, 0.15) is 101 Å². The molecule has 0 aliphatic heterocycles. The van der Waals surface area contributed by atoms with Gasteiger partial charge in [0.15, 0.2) is 0 Å². The third kappa shape index (κ3) is 4.88. The van der Waals surface area contributed by atoms with Gasteiger partial charge in [-0.1, -0.05) is 45.2 Å². The fourth-order valence-electron chi connectivity index (χ4n) is 6.27. The molecule has 0 unspecified atom stereocenters. The second-order valence-electron chi connectivity index (χ2n) is 10.4. The standard InChI is InChI=1S/C30H32Br2N2O2/c1-3-5-6-11-29-12-15-30(16-13-29,17-14-29)24-9-7-21(27(31)28(24)32)20-8-10-25(36-26(35)4-2)23(19-34)22(20)18-33/h7-10H,3-6,11-17H2,1-2H3. The lowest BCUT2D eigenvalue weighted by atomic mass is 9.51. The summed E-state index contributed by atoms with van der Waals surface area (Å²) in [5.41, 5.74) is 3.87. The van der Waals surface area contributed by atoms with E-state index in [-0.39, 0.29) is 28.7 Å². The Balaban J connectivity index is 1.66. The first-order chi connectivity index (χ1) is 17.3. The van der Waals surface area contributed by atoms with Crippen LogP contribution in [0.25, 0.3) is 11.1 Å². The summed E-state index contributed by atoms with van der Waals surface area (Å²) < 4.78 is 7.23. The van der Waals surface area contributed by atoms with E-state index in [4.69, 9.17) is 4.74 Å². The Labute approximate surface area is 231 Å². The third-order valence-electron chi connectivity index (χ3n) is 8.56. The molecule has 2 bridgehead atoms. The number of halogens is 2. The maximum Gasteiger partial charge on any atom is 0.310 e. The average Bonchev–Trinajstić information content (AvgIpc) is 2.91. The molecule has 0 amide bonds. The van der Waals surface area contributed by atoms with Gasteiger partial charge in [-0.2, -0.15) is 10.5 Å². The monoisotopic (exact) mass is 610 g/mol. The normalized spacial score (nSPS) is 22.6. The van der Waals surface area contributed by atoms with Crippen molar-refractivity contribution in [1.29, 1.82) is 10.5 Å². The first kappa shape index (κ1) is 26.9. The first-order valence-electron chi connectivity index (χ1n) is 13.0. The van der Waals surface area contributed by atoms with Gasteiger partial charge in [-0.25, -0.2) is 0 Å². The summed E-state index contributed by atoms with van der Waals surface area (Å²) in [7, 11) is 0. The molecule has 0 heterocycles. The molecule has 0 N–H and O–H groups in total. The number of rotatable bonds is 8. The Morgan fingerprint density at radius 1 is 0.889 bits per heavy atom. The molecule has 6 heteroatoms. The highest BCUT2D eigenvalue weighted by atomic mass is 79.9. The highest BCUT2D eigenvalue weighted by Gasteiger charge is 2.49. The van der Waals surface area contributed by atoms with Crippen LogP contribution in [0.2, 0.25) is 0 Å². The number of ether oxygens (including phenoxy) is 1. The summed E-state index contributed by atoms with van der Waals surface area (Å²) >= 11 is 7.70. The van der Waals surface area contributed by atoms with Crippen LogP contribution in [0.15, 0.2) is 33.2 Å². The predicted molar refractivity (Wildman–Crippen MR) is 149 cm³/mol. The number of carbonyl (C=O) groups excluding carboxylic acids is 1. The number of unbranched alkanes of at least 4 members (excludes halogenated alkanes) is 2. The molecule has 3 saturated carbocycles. The van der Waals surface area contributed by atoms with Gasteiger partial charge < -0.3 is 4.74 Å². The van der Waals surface area contributed by atoms with Crippen molar-refractivity contribution in [1.82, 2.24) is 0 Å². The molecule has 0 spiro atoms. The van der Waals surface area contributed by atoms with E-state index in [0.717, 1.165) is 14.5 Å². The Kier molecular flexibility index (Phi) is 8.28. The number of esters is 1. The lowest BCUT2D eigenvalue weighted by molar-refractivity contribution is -0.134. The molecular weight excluding hydrogens is 580 g/mol. The second kappa shape index (κ2) is 11.1. The highest BCUT2D eigenvalue weighted by Crippen LogP contribution is 2.61. The van der Waals surface area contributed by atoms with E-state index in [9.17, 15) is 15.3 Å². The fourth-order valence-corrected chi connectivity index (χ4v) is 7.60. The van der Waals surface area contributed by atoms with Gasteiger partial charge in [0.25, 0.3) is 0 Å². The van der Waals surface area contributed by atoms with Gasteiger partial charge in [0.1, 0.15) is 23.5 Å². The summed E-state index contributed by atoms with van der Waals surface area (Å²) in [5, 5.41) is 19.7. The molecule has 3 fully saturated rings. The van der Waals surface area contributed by atoms with Gasteiger partial charge >= 0.3 is 5.97 Å². The van der Waals surface area contributed by atoms with Crippen molar-refractivity contribution in [3.63, 3.8) is 0 Å². The van der Waals surface area contributed by atoms with E-state index in [2.05, 4.69) is 63.1 Å². The van der Waals surface area contributed by atoms with Crippen LogP contribution in [-0.4, -0.2) is 5.97 Å². The van der Waals surface area contributed by atoms with E-state index in [1.54, 1.807) is 19.1 Å². The van der Waals surface area contributed by atoms with Crippen molar-refractivity contribution < 1.29 is 9.53 Å². The lowest BCUT2D eigenvalue weighted by Crippen LogP contribution is -2.44. The molecule has 2 aromatic carbocycles. The van der Waals surface area contributed by atoms with E-state index in [0.29, 0.717) is 11.0 Å². The number of hydrogen-bond acceptors (Lipinski definition) is 4. The fraction of sp³-hybridized carbons (Fsp3) is 0.500. The largest absolute Gasteiger partial charge is 0.425 e. The molecule has 0 radical (unpaired) electrons. The smallest absolute Gasteiger partial charge is 0.310 e. The number of nitriles is 2. The zero-order valence-corrected chi connectivity index (χ0v) is 24.2. The summed E-state index contributed by atoms with van der Waals surface area (Å²) in [6.07, 6.45) is 13.2. The average molecular weight is 612 g/mol.